The van der Waals surface area contributed by atoms with Gasteiger partial charge in [-0.05, 0) is 60.2 Å². The first kappa shape index (κ1) is 19.4. The molecule has 1 fully saturated rings. The van der Waals surface area contributed by atoms with Gasteiger partial charge in [-0.15, -0.1) is 0 Å². The lowest BCUT2D eigenvalue weighted by molar-refractivity contribution is 0.302. The third-order valence-electron chi connectivity index (χ3n) is 5.90. The topological polar surface area (TPSA) is 25.8 Å². The number of benzene rings is 1. The molecule has 1 saturated carbocycles. The number of nitrogens with zero attached hydrogens (tertiary/aromatic N) is 2. The Morgan fingerprint density at radius 1 is 0.846 bits per heavy atom. The highest BCUT2D eigenvalue weighted by molar-refractivity contribution is 6.28. The van der Waals surface area contributed by atoms with Crippen LogP contribution in [0.1, 0.15) is 82.6 Å². The van der Waals surface area contributed by atoms with Crippen LogP contribution in [0, 0.1) is 5.92 Å². The van der Waals surface area contributed by atoms with Crippen molar-refractivity contribution >= 4 is 11.6 Å². The molecule has 0 atom stereocenters. The number of hydrogen-bond donors (Lipinski definition) is 0. The highest BCUT2D eigenvalue weighted by atomic mass is 35.5. The first-order chi connectivity index (χ1) is 12.8. The molecular weight excluding hydrogens is 340 g/mol. The van der Waals surface area contributed by atoms with Crippen molar-refractivity contribution in [3.8, 4) is 11.1 Å². The Morgan fingerprint density at radius 3 is 2.15 bits per heavy atom. The van der Waals surface area contributed by atoms with Crippen LogP contribution in [0.4, 0.5) is 0 Å². The summed E-state index contributed by atoms with van der Waals surface area (Å²) in [5, 5.41) is 0.299. The van der Waals surface area contributed by atoms with Crippen LogP contribution in [-0.4, -0.2) is 9.97 Å². The van der Waals surface area contributed by atoms with Crippen molar-refractivity contribution in [1.29, 1.82) is 0 Å². The van der Waals surface area contributed by atoms with Crippen molar-refractivity contribution in [2.24, 2.45) is 5.92 Å². The predicted molar refractivity (Wildman–Crippen MR) is 111 cm³/mol. The summed E-state index contributed by atoms with van der Waals surface area (Å²) in [7, 11) is 0. The minimum Gasteiger partial charge on any atom is -0.226 e. The van der Waals surface area contributed by atoms with Gasteiger partial charge in [0.15, 0.2) is 0 Å². The lowest BCUT2D eigenvalue weighted by atomic mass is 9.77. The smallest absolute Gasteiger partial charge is 0.222 e. The van der Waals surface area contributed by atoms with E-state index in [9.17, 15) is 0 Å². The van der Waals surface area contributed by atoms with Gasteiger partial charge < -0.3 is 0 Å². The third kappa shape index (κ3) is 5.54. The molecule has 0 N–H and O–H groups in total. The number of hydrogen-bond acceptors (Lipinski definition) is 2. The van der Waals surface area contributed by atoms with Crippen LogP contribution >= 0.6 is 11.6 Å². The summed E-state index contributed by atoms with van der Waals surface area (Å²) in [5.74, 6) is 1.71. The second kappa shape index (κ2) is 10.1. The van der Waals surface area contributed by atoms with Crippen LogP contribution < -0.4 is 0 Å². The van der Waals surface area contributed by atoms with Gasteiger partial charge in [-0.25, -0.2) is 9.97 Å². The third-order valence-corrected chi connectivity index (χ3v) is 6.09. The molecule has 0 radical (unpaired) electrons. The molecule has 2 nitrogen and oxygen atoms in total. The first-order valence-corrected chi connectivity index (χ1v) is 10.7. The quantitative estimate of drug-likeness (QED) is 0.356. The number of unbranched alkanes of at least 4 members (excludes halogenated alkanes) is 4. The molecule has 3 heteroatoms. The Morgan fingerprint density at radius 2 is 1.50 bits per heavy atom. The van der Waals surface area contributed by atoms with Crippen molar-refractivity contribution in [3.63, 3.8) is 0 Å². The van der Waals surface area contributed by atoms with Gasteiger partial charge in [0, 0.05) is 18.0 Å². The van der Waals surface area contributed by atoms with Crippen molar-refractivity contribution in [2.75, 3.05) is 0 Å². The zero-order valence-corrected chi connectivity index (χ0v) is 16.7. The van der Waals surface area contributed by atoms with Crippen LogP contribution in [0.2, 0.25) is 5.28 Å². The number of aromatic nitrogens is 2. The van der Waals surface area contributed by atoms with E-state index in [0.717, 1.165) is 23.0 Å². The van der Waals surface area contributed by atoms with Crippen LogP contribution in [0.15, 0.2) is 36.7 Å². The molecule has 140 valence electrons. The molecule has 1 aliphatic rings. The predicted octanol–water partition coefficient (Wildman–Crippen LogP) is 7.43. The van der Waals surface area contributed by atoms with Gasteiger partial charge in [-0.2, -0.15) is 0 Å². The van der Waals surface area contributed by atoms with Gasteiger partial charge in [0.1, 0.15) is 0 Å². The molecule has 1 aromatic carbocycles. The normalized spacial score (nSPS) is 20.2. The molecule has 26 heavy (non-hydrogen) atoms. The van der Waals surface area contributed by atoms with Gasteiger partial charge in [0.2, 0.25) is 5.28 Å². The Bertz CT molecular complexity index is 643. The zero-order valence-electron chi connectivity index (χ0n) is 16.0. The van der Waals surface area contributed by atoms with Crippen molar-refractivity contribution in [3.05, 3.63) is 47.5 Å². The standard InChI is InChI=1S/C23H31ClN2/c1-2-3-4-5-6-7-18-8-10-19(11-9-18)20-12-14-21(15-13-20)22-16-25-23(24)26-17-22/h12-19H,2-11H2,1H3. The van der Waals surface area contributed by atoms with Crippen LogP contribution in [0.3, 0.4) is 0 Å². The molecule has 0 bridgehead atoms. The molecule has 1 aliphatic carbocycles. The van der Waals surface area contributed by atoms with Gasteiger partial charge in [0.05, 0.1) is 0 Å². The average molecular weight is 371 g/mol. The summed E-state index contributed by atoms with van der Waals surface area (Å²) < 4.78 is 0. The van der Waals surface area contributed by atoms with Crippen molar-refractivity contribution in [1.82, 2.24) is 9.97 Å². The molecule has 2 aromatic rings. The Hall–Kier alpha value is -1.41. The second-order valence-corrected chi connectivity index (χ2v) is 8.12. The molecule has 0 aliphatic heterocycles. The summed E-state index contributed by atoms with van der Waals surface area (Å²) in [6.45, 7) is 2.29. The summed E-state index contributed by atoms with van der Waals surface area (Å²) in [6, 6.07) is 8.98. The minimum absolute atomic E-state index is 0.299. The fourth-order valence-corrected chi connectivity index (χ4v) is 4.33. The van der Waals surface area contributed by atoms with E-state index in [4.69, 9.17) is 11.6 Å². The Kier molecular flexibility index (Phi) is 7.49. The van der Waals surface area contributed by atoms with E-state index in [1.54, 1.807) is 12.4 Å². The van der Waals surface area contributed by atoms with Gasteiger partial charge in [-0.1, -0.05) is 69.7 Å². The molecule has 1 heterocycles. The second-order valence-electron chi connectivity index (χ2n) is 7.78. The molecular formula is C23H31ClN2. The molecule has 0 saturated heterocycles. The highest BCUT2D eigenvalue weighted by Crippen LogP contribution is 2.38. The maximum absolute atomic E-state index is 5.77. The molecule has 1 aromatic heterocycles. The lowest BCUT2D eigenvalue weighted by Crippen LogP contribution is -2.13. The van der Waals surface area contributed by atoms with E-state index < -0.39 is 0 Å². The molecule has 3 rings (SSSR count). The average Bonchev–Trinajstić information content (AvgIpc) is 2.69. The van der Waals surface area contributed by atoms with Crippen LogP contribution in [-0.2, 0) is 0 Å². The number of halogens is 1. The summed E-state index contributed by atoms with van der Waals surface area (Å²) >= 11 is 5.77. The van der Waals surface area contributed by atoms with E-state index in [1.807, 2.05) is 0 Å². The van der Waals surface area contributed by atoms with Crippen LogP contribution in [0.5, 0.6) is 0 Å². The maximum atomic E-state index is 5.77. The lowest BCUT2D eigenvalue weighted by Gasteiger charge is -2.29. The maximum Gasteiger partial charge on any atom is 0.222 e. The van der Waals surface area contributed by atoms with Gasteiger partial charge in [-0.3, -0.25) is 0 Å². The molecule has 0 amide bonds. The number of rotatable bonds is 8. The first-order valence-electron chi connectivity index (χ1n) is 10.3. The van der Waals surface area contributed by atoms with Crippen LogP contribution in [0.25, 0.3) is 11.1 Å². The summed E-state index contributed by atoms with van der Waals surface area (Å²) in [4.78, 5) is 8.14. The molecule has 0 unspecified atom stereocenters. The Balaban J connectivity index is 1.46. The monoisotopic (exact) mass is 370 g/mol. The fraction of sp³-hybridized carbons (Fsp3) is 0.565. The minimum atomic E-state index is 0.299. The summed E-state index contributed by atoms with van der Waals surface area (Å²) in [6.07, 6.45) is 17.6. The van der Waals surface area contributed by atoms with E-state index in [1.165, 1.54) is 69.8 Å². The molecule has 0 spiro atoms. The van der Waals surface area contributed by atoms with Crippen molar-refractivity contribution < 1.29 is 0 Å². The largest absolute Gasteiger partial charge is 0.226 e. The van der Waals surface area contributed by atoms with Gasteiger partial charge >= 0.3 is 0 Å². The van der Waals surface area contributed by atoms with E-state index in [-0.39, 0.29) is 0 Å². The highest BCUT2D eigenvalue weighted by Gasteiger charge is 2.22. The van der Waals surface area contributed by atoms with Crippen molar-refractivity contribution in [2.45, 2.75) is 77.0 Å². The SMILES string of the molecule is CCCCCCCC1CCC(c2ccc(-c3cnc(Cl)nc3)cc2)CC1. The van der Waals surface area contributed by atoms with Gasteiger partial charge in [0.25, 0.3) is 0 Å². The fourth-order valence-electron chi connectivity index (χ4n) is 4.23. The van der Waals surface area contributed by atoms with E-state index in [0.29, 0.717) is 5.28 Å². The zero-order chi connectivity index (χ0) is 18.2. The van der Waals surface area contributed by atoms with E-state index in [2.05, 4.69) is 41.2 Å². The summed E-state index contributed by atoms with van der Waals surface area (Å²) in [5.41, 5.74) is 3.67. The Labute approximate surface area is 163 Å². The van der Waals surface area contributed by atoms with E-state index >= 15 is 0 Å².